The van der Waals surface area contributed by atoms with Crippen molar-refractivity contribution in [1.82, 2.24) is 9.88 Å². The Kier molecular flexibility index (Phi) is 3.33. The fraction of sp³-hybridized carbons (Fsp3) is 0.462. The van der Waals surface area contributed by atoms with E-state index >= 15 is 0 Å². The molecule has 1 aromatic heterocycles. The molecule has 0 fully saturated rings. The van der Waals surface area contributed by atoms with E-state index < -0.39 is 11.7 Å². The van der Waals surface area contributed by atoms with Gasteiger partial charge in [0.25, 0.3) is 0 Å². The zero-order chi connectivity index (χ0) is 14.2. The van der Waals surface area contributed by atoms with Crippen LogP contribution in [-0.2, 0) is 11.3 Å². The summed E-state index contributed by atoms with van der Waals surface area (Å²) in [6, 6.07) is 0. The van der Waals surface area contributed by atoms with Crippen LogP contribution in [0.25, 0.3) is 0 Å². The third kappa shape index (κ3) is 2.93. The summed E-state index contributed by atoms with van der Waals surface area (Å²) >= 11 is 1.19. The first-order chi connectivity index (χ1) is 8.80. The number of amides is 1. The lowest BCUT2D eigenvalue weighted by Gasteiger charge is -2.28. The van der Waals surface area contributed by atoms with Crippen LogP contribution in [0.3, 0.4) is 0 Å². The molecule has 1 aliphatic heterocycles. The van der Waals surface area contributed by atoms with Gasteiger partial charge < -0.3 is 4.74 Å². The number of ether oxygens (including phenoxy) is 1. The number of Topliss-reactive ketones (excluding diaryl/α,β-unsaturated/α-hetero) is 1. The van der Waals surface area contributed by atoms with Crippen LogP contribution < -0.4 is 0 Å². The lowest BCUT2D eigenvalue weighted by molar-refractivity contribution is 0.0219. The molecule has 0 spiro atoms. The number of thiazole rings is 1. The van der Waals surface area contributed by atoms with Crippen LogP contribution in [0, 0.1) is 12.3 Å². The second-order valence-corrected chi connectivity index (χ2v) is 6.20. The average molecular weight is 278 g/mol. The van der Waals surface area contributed by atoms with Gasteiger partial charge in [0.05, 0.1) is 23.7 Å². The fourth-order valence-corrected chi connectivity index (χ4v) is 2.49. The molecule has 0 atom stereocenters. The molecule has 1 aromatic rings. The van der Waals surface area contributed by atoms with Crippen molar-refractivity contribution in [3.63, 3.8) is 0 Å². The number of hydrogen-bond donors (Lipinski definition) is 0. The molecule has 2 rings (SSSR count). The highest BCUT2D eigenvalue weighted by Crippen LogP contribution is 2.25. The molecule has 19 heavy (non-hydrogen) atoms. The Balaban J connectivity index is 2.19. The number of aromatic nitrogens is 1. The Bertz CT molecular complexity index is 578. The van der Waals surface area contributed by atoms with Crippen molar-refractivity contribution >= 4 is 23.2 Å². The van der Waals surface area contributed by atoms with Crippen molar-refractivity contribution in [2.45, 2.75) is 32.9 Å². The summed E-state index contributed by atoms with van der Waals surface area (Å²) in [5, 5.41) is 0.462. The molecule has 0 N–H and O–H groups in total. The standard InChI is InChI=1S/C13H14N2O3S/c1-5-10-14-8-6-15(7-9(16)11(8)19-10)12(17)18-13(2,3)4/h1H,6-7H2,2-4H3. The summed E-state index contributed by atoms with van der Waals surface area (Å²) in [7, 11) is 0. The largest absolute Gasteiger partial charge is 0.444 e. The summed E-state index contributed by atoms with van der Waals surface area (Å²) in [5.41, 5.74) is -0.0352. The van der Waals surface area contributed by atoms with Crippen LogP contribution in [0.1, 0.15) is 41.1 Å². The van der Waals surface area contributed by atoms with Crippen molar-refractivity contribution < 1.29 is 14.3 Å². The highest BCUT2D eigenvalue weighted by atomic mass is 32.1. The molecule has 5 nitrogen and oxygen atoms in total. The van der Waals surface area contributed by atoms with Gasteiger partial charge in [-0.05, 0) is 26.7 Å². The van der Waals surface area contributed by atoms with Gasteiger partial charge in [-0.15, -0.1) is 17.8 Å². The molecule has 100 valence electrons. The zero-order valence-corrected chi connectivity index (χ0v) is 11.8. The van der Waals surface area contributed by atoms with Gasteiger partial charge in [-0.3, -0.25) is 9.69 Å². The highest BCUT2D eigenvalue weighted by molar-refractivity contribution is 7.14. The van der Waals surface area contributed by atoms with Gasteiger partial charge in [-0.25, -0.2) is 9.78 Å². The minimum absolute atomic E-state index is 0.00805. The van der Waals surface area contributed by atoms with E-state index in [2.05, 4.69) is 10.9 Å². The first-order valence-corrected chi connectivity index (χ1v) is 6.59. The minimum atomic E-state index is -0.591. The number of nitrogens with zero attached hydrogens (tertiary/aromatic N) is 2. The van der Waals surface area contributed by atoms with Crippen molar-refractivity contribution in [3.8, 4) is 12.3 Å². The number of carbonyl (C=O) groups is 2. The van der Waals surface area contributed by atoms with Crippen molar-refractivity contribution in [1.29, 1.82) is 0 Å². The molecule has 6 heteroatoms. The summed E-state index contributed by atoms with van der Waals surface area (Å²) in [5.74, 6) is 2.26. The second-order valence-electron chi connectivity index (χ2n) is 5.20. The Labute approximate surface area is 115 Å². The molecule has 2 heterocycles. The van der Waals surface area contributed by atoms with E-state index in [-0.39, 0.29) is 18.9 Å². The van der Waals surface area contributed by atoms with Crippen LogP contribution in [0.2, 0.25) is 0 Å². The lowest BCUT2D eigenvalue weighted by Crippen LogP contribution is -2.42. The van der Waals surface area contributed by atoms with E-state index in [1.54, 1.807) is 20.8 Å². The van der Waals surface area contributed by atoms with E-state index in [4.69, 9.17) is 11.2 Å². The van der Waals surface area contributed by atoms with Gasteiger partial charge in [0.2, 0.25) is 0 Å². The highest BCUT2D eigenvalue weighted by Gasteiger charge is 2.32. The molecule has 0 bridgehead atoms. The summed E-state index contributed by atoms with van der Waals surface area (Å²) in [6.45, 7) is 5.60. The summed E-state index contributed by atoms with van der Waals surface area (Å²) in [6.07, 6.45) is 4.75. The van der Waals surface area contributed by atoms with Crippen molar-refractivity contribution in [2.24, 2.45) is 0 Å². The molecular weight excluding hydrogens is 264 g/mol. The van der Waals surface area contributed by atoms with Crippen LogP contribution in [0.4, 0.5) is 4.79 Å². The molecule has 0 radical (unpaired) electrons. The fourth-order valence-electron chi connectivity index (χ4n) is 1.68. The molecule has 0 saturated heterocycles. The monoisotopic (exact) mass is 278 g/mol. The van der Waals surface area contributed by atoms with E-state index in [1.165, 1.54) is 16.2 Å². The van der Waals surface area contributed by atoms with Gasteiger partial charge >= 0.3 is 6.09 Å². The number of hydrogen-bond acceptors (Lipinski definition) is 5. The molecule has 0 aromatic carbocycles. The average Bonchev–Trinajstić information content (AvgIpc) is 2.70. The van der Waals surface area contributed by atoms with E-state index in [9.17, 15) is 9.59 Å². The van der Waals surface area contributed by atoms with Crippen LogP contribution in [0.15, 0.2) is 0 Å². The van der Waals surface area contributed by atoms with Gasteiger partial charge in [-0.2, -0.15) is 0 Å². The predicted octanol–water partition coefficient (Wildman–Crippen LogP) is 2.06. The number of terminal acetylenes is 1. The summed E-state index contributed by atoms with van der Waals surface area (Å²) < 4.78 is 5.24. The maximum Gasteiger partial charge on any atom is 0.411 e. The normalized spacial score (nSPS) is 14.8. The third-order valence-corrected chi connectivity index (χ3v) is 3.47. The van der Waals surface area contributed by atoms with Gasteiger partial charge in [-0.1, -0.05) is 0 Å². The molecule has 0 saturated carbocycles. The molecular formula is C13H14N2O3S. The smallest absolute Gasteiger partial charge is 0.411 e. The number of ketones is 1. The van der Waals surface area contributed by atoms with Crippen LogP contribution in [0.5, 0.6) is 0 Å². The van der Waals surface area contributed by atoms with Crippen molar-refractivity contribution in [3.05, 3.63) is 15.6 Å². The minimum Gasteiger partial charge on any atom is -0.444 e. The molecule has 1 amide bonds. The SMILES string of the molecule is C#Cc1nc2c(s1)C(=O)CN(C(=O)OC(C)(C)C)C2. The maximum absolute atomic E-state index is 11.9. The number of rotatable bonds is 0. The van der Waals surface area contributed by atoms with E-state index in [0.717, 1.165) is 0 Å². The quantitative estimate of drug-likeness (QED) is 0.682. The van der Waals surface area contributed by atoms with E-state index in [1.807, 2.05) is 0 Å². The molecule has 0 aliphatic carbocycles. The van der Waals surface area contributed by atoms with Crippen LogP contribution >= 0.6 is 11.3 Å². The topological polar surface area (TPSA) is 59.5 Å². The molecule has 0 unspecified atom stereocenters. The first-order valence-electron chi connectivity index (χ1n) is 5.77. The summed E-state index contributed by atoms with van der Waals surface area (Å²) in [4.78, 5) is 29.9. The first kappa shape index (κ1) is 13.6. The van der Waals surface area contributed by atoms with Gasteiger partial charge in [0.1, 0.15) is 5.60 Å². The maximum atomic E-state index is 11.9. The number of carbonyl (C=O) groups excluding carboxylic acids is 2. The molecule has 1 aliphatic rings. The Morgan fingerprint density at radius 1 is 1.47 bits per heavy atom. The lowest BCUT2D eigenvalue weighted by atomic mass is 10.1. The van der Waals surface area contributed by atoms with Gasteiger partial charge in [0.15, 0.2) is 10.8 Å². The predicted molar refractivity (Wildman–Crippen MR) is 71.0 cm³/mol. The van der Waals surface area contributed by atoms with E-state index in [0.29, 0.717) is 15.6 Å². The Morgan fingerprint density at radius 2 is 2.16 bits per heavy atom. The van der Waals surface area contributed by atoms with Crippen molar-refractivity contribution in [2.75, 3.05) is 6.54 Å². The number of fused-ring (bicyclic) bond motifs is 1. The Hall–Kier alpha value is -1.87. The Morgan fingerprint density at radius 3 is 2.74 bits per heavy atom. The zero-order valence-electron chi connectivity index (χ0n) is 11.0. The third-order valence-electron chi connectivity index (χ3n) is 2.40. The van der Waals surface area contributed by atoms with Crippen LogP contribution in [-0.4, -0.2) is 33.9 Å². The second kappa shape index (κ2) is 4.67. The van der Waals surface area contributed by atoms with Gasteiger partial charge in [0, 0.05) is 0 Å².